The standard InChI is InChI=1S/2C16H36P.C4H7NO4/c2*1-5-9-13-17(14-10-6-2,15-11-7-3)16-12-8-4;5-2(4(8)9)1-3(6)7/h2*5-16H2,1-4H3;2H,1,5H2,(H,6,7)(H,8,9)/q2*+1;/p-2/t;;2-/m..0/s1. The molecule has 0 bridgehead atoms. The van der Waals surface area contributed by atoms with Gasteiger partial charge in [-0.3, -0.25) is 0 Å². The second-order valence-electron chi connectivity index (χ2n) is 12.8. The Morgan fingerprint density at radius 3 is 0.744 bits per heavy atom. The van der Waals surface area contributed by atoms with Crippen molar-refractivity contribution in [2.75, 3.05) is 49.3 Å². The van der Waals surface area contributed by atoms with E-state index in [1.807, 2.05) is 0 Å². The van der Waals surface area contributed by atoms with Crippen LogP contribution < -0.4 is 15.9 Å². The summed E-state index contributed by atoms with van der Waals surface area (Å²) in [5.41, 5.74) is 4.73. The minimum atomic E-state index is -1.58. The normalized spacial score (nSPS) is 12.1. The summed E-state index contributed by atoms with van der Waals surface area (Å²) in [7, 11) is -1.12. The molecule has 0 aromatic carbocycles. The summed E-state index contributed by atoms with van der Waals surface area (Å²) in [5.74, 6) is -3.08. The first-order chi connectivity index (χ1) is 20.5. The molecule has 0 aliphatic rings. The maximum absolute atomic E-state index is 9.71. The first kappa shape index (κ1) is 47.2. The van der Waals surface area contributed by atoms with E-state index >= 15 is 0 Å². The van der Waals surface area contributed by atoms with Crippen LogP contribution in [0.25, 0.3) is 0 Å². The lowest BCUT2D eigenvalue weighted by Gasteiger charge is -2.28. The molecule has 0 aliphatic carbocycles. The van der Waals surface area contributed by atoms with Crippen LogP contribution in [0.2, 0.25) is 0 Å². The average Bonchev–Trinajstić information content (AvgIpc) is 3.00. The number of rotatable bonds is 27. The zero-order valence-electron chi connectivity index (χ0n) is 30.4. The monoisotopic (exact) mass is 650 g/mol. The Labute approximate surface area is 271 Å². The molecule has 1 atom stereocenters. The van der Waals surface area contributed by atoms with Crippen molar-refractivity contribution in [3.63, 3.8) is 0 Å². The third kappa shape index (κ3) is 28.9. The van der Waals surface area contributed by atoms with E-state index in [4.69, 9.17) is 5.73 Å². The molecule has 0 saturated carbocycles. The van der Waals surface area contributed by atoms with Gasteiger partial charge >= 0.3 is 0 Å². The topological polar surface area (TPSA) is 106 Å². The molecule has 0 spiro atoms. The number of aliphatic carboxylic acids is 2. The highest BCUT2D eigenvalue weighted by molar-refractivity contribution is 7.76. The van der Waals surface area contributed by atoms with E-state index in [2.05, 4.69) is 55.4 Å². The van der Waals surface area contributed by atoms with Gasteiger partial charge in [-0.15, -0.1) is 0 Å². The number of nitrogens with two attached hydrogens (primary N) is 1. The van der Waals surface area contributed by atoms with E-state index in [0.29, 0.717) is 0 Å². The van der Waals surface area contributed by atoms with Crippen molar-refractivity contribution < 1.29 is 19.8 Å². The first-order valence-electron chi connectivity index (χ1n) is 18.4. The molecule has 0 aliphatic heterocycles. The molecule has 0 fully saturated rings. The Balaban J connectivity index is -0.000000586. The third-order valence-corrected chi connectivity index (χ3v) is 18.7. The lowest BCUT2D eigenvalue weighted by atomic mass is 10.2. The quantitative estimate of drug-likeness (QED) is 0.0897. The summed E-state index contributed by atoms with van der Waals surface area (Å²) in [4.78, 5) is 19.3. The van der Waals surface area contributed by atoms with Crippen molar-refractivity contribution in [2.24, 2.45) is 5.73 Å². The average molecular weight is 650 g/mol. The zero-order valence-corrected chi connectivity index (χ0v) is 32.1. The first-order valence-corrected chi connectivity index (χ1v) is 23.4. The van der Waals surface area contributed by atoms with Crippen LogP contribution in [-0.2, 0) is 9.59 Å². The summed E-state index contributed by atoms with van der Waals surface area (Å²) in [6, 6.07) is -1.46. The summed E-state index contributed by atoms with van der Waals surface area (Å²) >= 11 is 0. The van der Waals surface area contributed by atoms with Crippen LogP contribution >= 0.6 is 14.5 Å². The number of unbranched alkanes of at least 4 members (excludes halogenated alkanes) is 8. The van der Waals surface area contributed by atoms with Crippen LogP contribution in [0.15, 0.2) is 0 Å². The second-order valence-corrected chi connectivity index (χ2v) is 21.7. The number of carbonyl (C=O) groups excluding carboxylic acids is 2. The largest absolute Gasteiger partial charge is 0.550 e. The maximum atomic E-state index is 9.71. The number of carbonyl (C=O) groups is 2. The number of hydrogen-bond donors (Lipinski definition) is 1. The van der Waals surface area contributed by atoms with E-state index in [0.717, 1.165) is 0 Å². The summed E-state index contributed by atoms with van der Waals surface area (Å²) in [6.07, 6.45) is 35.2. The SMILES string of the molecule is CCCC[P+](CCCC)(CCCC)CCCC.CCCC[P+](CCCC)(CCCC)CCCC.N[C@@H](CC(=O)[O-])C(=O)[O-]. The Morgan fingerprint density at radius 2 is 0.651 bits per heavy atom. The van der Waals surface area contributed by atoms with Gasteiger partial charge in [-0.25, -0.2) is 0 Å². The fourth-order valence-electron chi connectivity index (χ4n) is 5.55. The van der Waals surface area contributed by atoms with Gasteiger partial charge in [0.25, 0.3) is 0 Å². The predicted molar refractivity (Wildman–Crippen MR) is 195 cm³/mol. The van der Waals surface area contributed by atoms with Gasteiger partial charge < -0.3 is 25.5 Å². The van der Waals surface area contributed by atoms with Gasteiger partial charge in [0.15, 0.2) is 0 Å². The smallest absolute Gasteiger partial charge is 0.0594 e. The van der Waals surface area contributed by atoms with E-state index in [-0.39, 0.29) is 0 Å². The lowest BCUT2D eigenvalue weighted by Crippen LogP contribution is -2.45. The molecule has 260 valence electrons. The van der Waals surface area contributed by atoms with Gasteiger partial charge in [-0.05, 0) is 51.4 Å². The number of hydrogen-bond acceptors (Lipinski definition) is 5. The van der Waals surface area contributed by atoms with Crippen molar-refractivity contribution in [1.29, 1.82) is 0 Å². The van der Waals surface area contributed by atoms with Crippen LogP contribution in [0.5, 0.6) is 0 Å². The van der Waals surface area contributed by atoms with Crippen molar-refractivity contribution in [3.05, 3.63) is 0 Å². The Hall–Kier alpha value is -0.240. The highest BCUT2D eigenvalue weighted by Gasteiger charge is 2.35. The lowest BCUT2D eigenvalue weighted by molar-refractivity contribution is -0.316. The summed E-state index contributed by atoms with van der Waals surface area (Å²) in [6.45, 7) is 18.8. The van der Waals surface area contributed by atoms with Crippen molar-refractivity contribution in [2.45, 2.75) is 171 Å². The van der Waals surface area contributed by atoms with Gasteiger partial charge in [0.1, 0.15) is 0 Å². The van der Waals surface area contributed by atoms with Crippen LogP contribution in [0.3, 0.4) is 0 Å². The van der Waals surface area contributed by atoms with Gasteiger partial charge in [0, 0.05) is 33.0 Å². The van der Waals surface area contributed by atoms with E-state index in [1.165, 1.54) is 103 Å². The summed E-state index contributed by atoms with van der Waals surface area (Å²) < 4.78 is 0. The minimum Gasteiger partial charge on any atom is -0.550 e. The molecule has 43 heavy (non-hydrogen) atoms. The van der Waals surface area contributed by atoms with Gasteiger partial charge in [-0.2, -0.15) is 0 Å². The molecular weight excluding hydrogens is 572 g/mol. The van der Waals surface area contributed by atoms with E-state index in [1.54, 1.807) is 49.3 Å². The maximum Gasteiger partial charge on any atom is 0.0594 e. The molecule has 2 N–H and O–H groups in total. The Kier molecular flexibility index (Phi) is 36.3. The van der Waals surface area contributed by atoms with Gasteiger partial charge in [-0.1, -0.05) is 107 Å². The van der Waals surface area contributed by atoms with Crippen LogP contribution in [-0.4, -0.2) is 67.3 Å². The Bertz CT molecular complexity index is 507. The Morgan fingerprint density at radius 1 is 0.465 bits per heavy atom. The fourth-order valence-corrected chi connectivity index (χ4v) is 16.1. The van der Waals surface area contributed by atoms with Crippen LogP contribution in [0, 0.1) is 0 Å². The fraction of sp³-hybridized carbons (Fsp3) is 0.944. The highest BCUT2D eigenvalue weighted by atomic mass is 31.2. The van der Waals surface area contributed by atoms with Gasteiger partial charge in [0.2, 0.25) is 0 Å². The van der Waals surface area contributed by atoms with Crippen molar-refractivity contribution in [1.82, 2.24) is 0 Å². The molecule has 0 aromatic rings. The van der Waals surface area contributed by atoms with Crippen LogP contribution in [0.4, 0.5) is 0 Å². The molecule has 0 rings (SSSR count). The zero-order chi connectivity index (χ0) is 33.4. The molecule has 0 saturated heterocycles. The second kappa shape index (κ2) is 33.1. The highest BCUT2D eigenvalue weighted by Crippen LogP contribution is 2.62. The van der Waals surface area contributed by atoms with E-state index < -0.39 is 38.9 Å². The third-order valence-electron chi connectivity index (χ3n) is 8.58. The molecule has 0 unspecified atom stereocenters. The molecule has 0 heterocycles. The van der Waals surface area contributed by atoms with Crippen molar-refractivity contribution >= 4 is 26.5 Å². The molecule has 7 heteroatoms. The molecule has 5 nitrogen and oxygen atoms in total. The minimum absolute atomic E-state index is 0.562. The molecule has 0 aromatic heterocycles. The van der Waals surface area contributed by atoms with Gasteiger partial charge in [0.05, 0.1) is 55.3 Å². The van der Waals surface area contributed by atoms with Crippen molar-refractivity contribution in [3.8, 4) is 0 Å². The van der Waals surface area contributed by atoms with Crippen LogP contribution in [0.1, 0.15) is 165 Å². The molecular formula is C36H77NO4P2. The number of carboxylic acids is 2. The molecule has 0 amide bonds. The molecule has 0 radical (unpaired) electrons. The summed E-state index contributed by atoms with van der Waals surface area (Å²) in [5, 5.41) is 19.3. The van der Waals surface area contributed by atoms with E-state index in [9.17, 15) is 19.8 Å². The predicted octanol–water partition coefficient (Wildman–Crippen LogP) is 8.61. The number of carboxylic acid groups (broad SMARTS) is 2.